The van der Waals surface area contributed by atoms with Crippen LogP contribution < -0.4 is 4.74 Å². The van der Waals surface area contributed by atoms with E-state index < -0.39 is 5.97 Å². The number of benzene rings is 1. The molecule has 0 saturated heterocycles. The zero-order valence-electron chi connectivity index (χ0n) is 10.2. The maximum atomic E-state index is 10.6. The zero-order chi connectivity index (χ0) is 13.0. The van der Waals surface area contributed by atoms with Gasteiger partial charge in [0.15, 0.2) is 0 Å². The Labute approximate surface area is 100 Å². The van der Waals surface area contributed by atoms with E-state index in [-0.39, 0.29) is 6.61 Å². The van der Waals surface area contributed by atoms with E-state index in [1.54, 1.807) is 19.2 Å². The van der Waals surface area contributed by atoms with Crippen molar-refractivity contribution in [3.05, 3.63) is 34.9 Å². The minimum Gasteiger partial charge on any atom is -0.496 e. The fraction of sp³-hybridized carbons (Fsp3) is 0.308. The molecule has 0 fully saturated rings. The quantitative estimate of drug-likeness (QED) is 0.782. The topological polar surface area (TPSA) is 66.8 Å². The molecule has 4 nitrogen and oxygen atoms in total. The molecule has 1 aromatic carbocycles. The number of rotatable bonds is 4. The molecule has 0 radical (unpaired) electrons. The average Bonchev–Trinajstić information content (AvgIpc) is 2.25. The molecule has 0 bridgehead atoms. The Hall–Kier alpha value is -1.81. The normalized spacial score (nSPS) is 11.4. The molecule has 1 rings (SSSR count). The van der Waals surface area contributed by atoms with E-state index in [4.69, 9.17) is 9.84 Å². The van der Waals surface area contributed by atoms with Gasteiger partial charge in [-0.1, -0.05) is 0 Å². The Kier molecular flexibility index (Phi) is 4.29. The van der Waals surface area contributed by atoms with E-state index >= 15 is 0 Å². The minimum absolute atomic E-state index is 0.308. The van der Waals surface area contributed by atoms with Gasteiger partial charge in [-0.15, -0.1) is 0 Å². The Bertz CT molecular complexity index is 437. The summed E-state index contributed by atoms with van der Waals surface area (Å²) < 4.78 is 5.23. The number of carboxylic acids is 1. The van der Waals surface area contributed by atoms with Crippen LogP contribution >= 0.6 is 0 Å². The van der Waals surface area contributed by atoms with Crippen molar-refractivity contribution in [2.75, 3.05) is 13.7 Å². The molecule has 2 N–H and O–H groups in total. The van der Waals surface area contributed by atoms with Crippen molar-refractivity contribution >= 4 is 11.5 Å². The molecule has 17 heavy (non-hydrogen) atoms. The number of aliphatic hydroxyl groups excluding tert-OH is 1. The molecule has 4 heteroatoms. The van der Waals surface area contributed by atoms with Crippen LogP contribution in [0, 0.1) is 13.8 Å². The van der Waals surface area contributed by atoms with E-state index in [9.17, 15) is 9.90 Å². The SMILES string of the molecule is COc1c(C)cc(/C(=C/C(=O)O)CO)cc1C. The van der Waals surface area contributed by atoms with Crippen LogP contribution in [0.2, 0.25) is 0 Å². The van der Waals surface area contributed by atoms with Crippen LogP contribution in [-0.2, 0) is 4.79 Å². The van der Waals surface area contributed by atoms with Crippen molar-refractivity contribution in [3.63, 3.8) is 0 Å². The highest BCUT2D eigenvalue weighted by Gasteiger charge is 2.09. The summed E-state index contributed by atoms with van der Waals surface area (Å²) in [6, 6.07) is 3.60. The van der Waals surface area contributed by atoms with E-state index in [0.717, 1.165) is 23.0 Å². The smallest absolute Gasteiger partial charge is 0.328 e. The zero-order valence-corrected chi connectivity index (χ0v) is 10.2. The summed E-state index contributed by atoms with van der Waals surface area (Å²) in [4.78, 5) is 10.6. The molecule has 1 aromatic rings. The summed E-state index contributed by atoms with van der Waals surface area (Å²) in [5, 5.41) is 17.9. The second-order valence-corrected chi connectivity index (χ2v) is 3.81. The molecule has 0 aromatic heterocycles. The number of aliphatic hydroxyl groups is 1. The van der Waals surface area contributed by atoms with Gasteiger partial charge in [0.05, 0.1) is 13.7 Å². The fourth-order valence-corrected chi connectivity index (χ4v) is 1.83. The maximum absolute atomic E-state index is 10.6. The van der Waals surface area contributed by atoms with Crippen LogP contribution in [0.4, 0.5) is 0 Å². The molecule has 92 valence electrons. The van der Waals surface area contributed by atoms with Gasteiger partial charge in [0, 0.05) is 6.08 Å². The summed E-state index contributed by atoms with van der Waals surface area (Å²) in [5.41, 5.74) is 2.90. The number of hydrogen-bond acceptors (Lipinski definition) is 3. The van der Waals surface area contributed by atoms with E-state index in [0.29, 0.717) is 11.1 Å². The number of hydrogen-bond donors (Lipinski definition) is 2. The predicted molar refractivity (Wildman–Crippen MR) is 65.2 cm³/mol. The van der Waals surface area contributed by atoms with Crippen molar-refractivity contribution in [2.45, 2.75) is 13.8 Å². The summed E-state index contributed by atoms with van der Waals surface area (Å²) in [6.45, 7) is 3.45. The minimum atomic E-state index is -1.07. The van der Waals surface area contributed by atoms with E-state index in [1.807, 2.05) is 13.8 Å². The molecule has 0 saturated carbocycles. The van der Waals surface area contributed by atoms with Crippen LogP contribution in [0.25, 0.3) is 5.57 Å². The Morgan fingerprint density at radius 1 is 1.35 bits per heavy atom. The number of ether oxygens (including phenoxy) is 1. The fourth-order valence-electron chi connectivity index (χ4n) is 1.83. The third-order valence-electron chi connectivity index (χ3n) is 2.50. The van der Waals surface area contributed by atoms with Gasteiger partial charge in [-0.3, -0.25) is 0 Å². The van der Waals surface area contributed by atoms with Crippen LogP contribution in [-0.4, -0.2) is 29.9 Å². The number of carboxylic acid groups (broad SMARTS) is 1. The lowest BCUT2D eigenvalue weighted by Gasteiger charge is -2.12. The summed E-state index contributed by atoms with van der Waals surface area (Å²) in [7, 11) is 1.59. The second-order valence-electron chi connectivity index (χ2n) is 3.81. The van der Waals surface area contributed by atoms with Gasteiger partial charge >= 0.3 is 5.97 Å². The highest BCUT2D eigenvalue weighted by Crippen LogP contribution is 2.27. The highest BCUT2D eigenvalue weighted by atomic mass is 16.5. The average molecular weight is 236 g/mol. The standard InChI is InChI=1S/C13H16O4/c1-8-4-10(5-9(2)13(8)17-3)11(7-14)6-12(15)16/h4-6,14H,7H2,1-3H3,(H,15,16)/b11-6+. The molecule has 0 aliphatic rings. The van der Waals surface area contributed by atoms with Gasteiger partial charge in [0.2, 0.25) is 0 Å². The van der Waals surface area contributed by atoms with E-state index in [1.165, 1.54) is 0 Å². The largest absolute Gasteiger partial charge is 0.496 e. The summed E-state index contributed by atoms with van der Waals surface area (Å²) in [6.07, 6.45) is 1.01. The van der Waals surface area contributed by atoms with Crippen molar-refractivity contribution in [1.82, 2.24) is 0 Å². The van der Waals surface area contributed by atoms with Gasteiger partial charge in [0.25, 0.3) is 0 Å². The number of aliphatic carboxylic acids is 1. The summed E-state index contributed by atoms with van der Waals surface area (Å²) in [5.74, 6) is -0.290. The van der Waals surface area contributed by atoms with Crippen molar-refractivity contribution in [1.29, 1.82) is 0 Å². The molecular weight excluding hydrogens is 220 g/mol. The van der Waals surface area contributed by atoms with Gasteiger partial charge in [-0.25, -0.2) is 4.79 Å². The van der Waals surface area contributed by atoms with Crippen LogP contribution in [0.3, 0.4) is 0 Å². The predicted octanol–water partition coefficient (Wildman–Crippen LogP) is 1.77. The van der Waals surface area contributed by atoms with Crippen LogP contribution in [0.5, 0.6) is 5.75 Å². The Morgan fingerprint density at radius 2 is 1.88 bits per heavy atom. The molecule has 0 atom stereocenters. The highest BCUT2D eigenvalue weighted by molar-refractivity contribution is 5.90. The molecule has 0 aliphatic carbocycles. The van der Waals surface area contributed by atoms with E-state index in [2.05, 4.69) is 0 Å². The first-order valence-corrected chi connectivity index (χ1v) is 5.19. The van der Waals surface area contributed by atoms with Crippen molar-refractivity contribution in [3.8, 4) is 5.75 Å². The third-order valence-corrected chi connectivity index (χ3v) is 2.50. The lowest BCUT2D eigenvalue weighted by atomic mass is 10.00. The molecule has 0 spiro atoms. The van der Waals surface area contributed by atoms with Crippen LogP contribution in [0.15, 0.2) is 18.2 Å². The van der Waals surface area contributed by atoms with Gasteiger partial charge in [-0.2, -0.15) is 0 Å². The molecular formula is C13H16O4. The summed E-state index contributed by atoms with van der Waals surface area (Å²) >= 11 is 0. The second kappa shape index (κ2) is 5.50. The first-order chi connectivity index (χ1) is 7.99. The van der Waals surface area contributed by atoms with Crippen molar-refractivity contribution in [2.24, 2.45) is 0 Å². The third kappa shape index (κ3) is 3.07. The number of aryl methyl sites for hydroxylation is 2. The number of carbonyl (C=O) groups is 1. The first kappa shape index (κ1) is 13.3. The monoisotopic (exact) mass is 236 g/mol. The lowest BCUT2D eigenvalue weighted by molar-refractivity contribution is -0.131. The molecule has 0 unspecified atom stereocenters. The Morgan fingerprint density at radius 3 is 2.24 bits per heavy atom. The van der Waals surface area contributed by atoms with Gasteiger partial charge < -0.3 is 14.9 Å². The number of methoxy groups -OCH3 is 1. The molecule has 0 heterocycles. The maximum Gasteiger partial charge on any atom is 0.328 e. The Balaban J connectivity index is 3.28. The molecule has 0 amide bonds. The van der Waals surface area contributed by atoms with Gasteiger partial charge in [-0.05, 0) is 48.2 Å². The molecule has 0 aliphatic heterocycles. The lowest BCUT2D eigenvalue weighted by Crippen LogP contribution is -1.99. The first-order valence-electron chi connectivity index (χ1n) is 5.19. The van der Waals surface area contributed by atoms with Crippen LogP contribution in [0.1, 0.15) is 16.7 Å². The van der Waals surface area contributed by atoms with Crippen molar-refractivity contribution < 1.29 is 19.7 Å². The van der Waals surface area contributed by atoms with Gasteiger partial charge in [0.1, 0.15) is 5.75 Å².